The number of nitrogens with one attached hydrogen (secondary N) is 1. The second-order valence-electron chi connectivity index (χ2n) is 7.62. The summed E-state index contributed by atoms with van der Waals surface area (Å²) in [6.07, 6.45) is 0. The van der Waals surface area contributed by atoms with Gasteiger partial charge in [-0.1, -0.05) is 30.3 Å². The van der Waals surface area contributed by atoms with E-state index in [9.17, 15) is 19.6 Å². The van der Waals surface area contributed by atoms with Crippen molar-refractivity contribution in [3.05, 3.63) is 99.0 Å². The fourth-order valence-corrected chi connectivity index (χ4v) is 3.45. The standard InChI is InChI=1S/C25H24N4O3/c1-17-13-18(2)29(25(32)22(17)14-26)16-23(30)27-21-11-9-20(10-12-21)24(31)28(3)15-19-7-5-4-6-8-19/h4-13H,15-16H2,1-3H3,(H,27,30). The summed E-state index contributed by atoms with van der Waals surface area (Å²) in [5, 5.41) is 11.9. The molecule has 2 aromatic carbocycles. The monoisotopic (exact) mass is 428 g/mol. The van der Waals surface area contributed by atoms with E-state index < -0.39 is 11.5 Å². The molecule has 1 aromatic heterocycles. The van der Waals surface area contributed by atoms with Crippen molar-refractivity contribution in [1.82, 2.24) is 9.47 Å². The van der Waals surface area contributed by atoms with E-state index in [1.165, 1.54) is 4.57 Å². The molecule has 0 unspecified atom stereocenters. The van der Waals surface area contributed by atoms with Gasteiger partial charge in [0.2, 0.25) is 5.91 Å². The van der Waals surface area contributed by atoms with Crippen LogP contribution in [0.15, 0.2) is 65.5 Å². The van der Waals surface area contributed by atoms with Crippen molar-refractivity contribution in [3.8, 4) is 6.07 Å². The smallest absolute Gasteiger partial charge is 0.269 e. The minimum atomic E-state index is -0.484. The molecule has 1 heterocycles. The summed E-state index contributed by atoms with van der Waals surface area (Å²) >= 11 is 0. The van der Waals surface area contributed by atoms with Crippen LogP contribution < -0.4 is 10.9 Å². The first kappa shape index (κ1) is 22.5. The van der Waals surface area contributed by atoms with Crippen LogP contribution in [0.25, 0.3) is 0 Å². The van der Waals surface area contributed by atoms with Crippen LogP contribution in [0.2, 0.25) is 0 Å². The number of aromatic nitrogens is 1. The topological polar surface area (TPSA) is 95.2 Å². The molecule has 32 heavy (non-hydrogen) atoms. The molecule has 0 bridgehead atoms. The average Bonchev–Trinajstić information content (AvgIpc) is 2.77. The second kappa shape index (κ2) is 9.75. The molecule has 7 nitrogen and oxygen atoms in total. The molecule has 162 valence electrons. The van der Waals surface area contributed by atoms with E-state index in [-0.39, 0.29) is 18.0 Å². The molecule has 3 aromatic rings. The molecule has 0 atom stereocenters. The zero-order chi connectivity index (χ0) is 23.3. The fraction of sp³-hybridized carbons (Fsp3) is 0.200. The SMILES string of the molecule is Cc1cc(C)n(CC(=O)Nc2ccc(C(=O)N(C)Cc3ccccc3)cc2)c(=O)c1C#N. The minimum Gasteiger partial charge on any atom is -0.337 e. The molecule has 0 aliphatic heterocycles. The molecule has 0 aliphatic carbocycles. The van der Waals surface area contributed by atoms with Crippen molar-refractivity contribution in [2.24, 2.45) is 0 Å². The van der Waals surface area contributed by atoms with Crippen molar-refractivity contribution in [2.45, 2.75) is 26.9 Å². The molecule has 0 spiro atoms. The summed E-state index contributed by atoms with van der Waals surface area (Å²) in [6, 6.07) is 19.9. The van der Waals surface area contributed by atoms with E-state index >= 15 is 0 Å². The van der Waals surface area contributed by atoms with Gasteiger partial charge >= 0.3 is 0 Å². The lowest BCUT2D eigenvalue weighted by atomic mass is 10.1. The third-order valence-corrected chi connectivity index (χ3v) is 5.14. The fourth-order valence-electron chi connectivity index (χ4n) is 3.45. The first-order chi connectivity index (χ1) is 15.3. The van der Waals surface area contributed by atoms with Gasteiger partial charge in [0.25, 0.3) is 11.5 Å². The Balaban J connectivity index is 1.66. The third-order valence-electron chi connectivity index (χ3n) is 5.14. The highest BCUT2D eigenvalue weighted by atomic mass is 16.2. The number of hydrogen-bond acceptors (Lipinski definition) is 4. The summed E-state index contributed by atoms with van der Waals surface area (Å²) in [5.74, 6) is -0.527. The Kier molecular flexibility index (Phi) is 6.86. The van der Waals surface area contributed by atoms with E-state index in [0.717, 1.165) is 5.56 Å². The van der Waals surface area contributed by atoms with Gasteiger partial charge < -0.3 is 14.8 Å². The van der Waals surface area contributed by atoms with Gasteiger partial charge in [0, 0.05) is 30.5 Å². The van der Waals surface area contributed by atoms with E-state index in [4.69, 9.17) is 0 Å². The molecule has 3 rings (SSSR count). The van der Waals surface area contributed by atoms with Gasteiger partial charge in [-0.2, -0.15) is 5.26 Å². The molecule has 0 aliphatic rings. The van der Waals surface area contributed by atoms with Crippen molar-refractivity contribution < 1.29 is 9.59 Å². The predicted molar refractivity (Wildman–Crippen MR) is 122 cm³/mol. The third kappa shape index (κ3) is 5.10. The van der Waals surface area contributed by atoms with Crippen LogP contribution in [-0.4, -0.2) is 28.3 Å². The number of carbonyl (C=O) groups excluding carboxylic acids is 2. The van der Waals surface area contributed by atoms with E-state index in [2.05, 4.69) is 5.32 Å². The molecular weight excluding hydrogens is 404 g/mol. The zero-order valence-corrected chi connectivity index (χ0v) is 18.3. The van der Waals surface area contributed by atoms with Gasteiger partial charge in [-0.3, -0.25) is 14.4 Å². The highest BCUT2D eigenvalue weighted by Gasteiger charge is 2.14. The number of aryl methyl sites for hydroxylation is 2. The van der Waals surface area contributed by atoms with Crippen LogP contribution in [0.3, 0.4) is 0 Å². The maximum atomic E-state index is 12.7. The predicted octanol–water partition coefficient (Wildman–Crippen LogP) is 3.25. The molecule has 1 N–H and O–H groups in total. The first-order valence-electron chi connectivity index (χ1n) is 10.1. The average molecular weight is 428 g/mol. The maximum absolute atomic E-state index is 12.7. The quantitative estimate of drug-likeness (QED) is 0.652. The molecule has 0 saturated heterocycles. The van der Waals surface area contributed by atoms with Crippen molar-refractivity contribution >= 4 is 17.5 Å². The number of hydrogen-bond donors (Lipinski definition) is 1. The van der Waals surface area contributed by atoms with Crippen molar-refractivity contribution in [1.29, 1.82) is 5.26 Å². The highest BCUT2D eigenvalue weighted by molar-refractivity contribution is 5.95. The zero-order valence-electron chi connectivity index (χ0n) is 18.3. The number of nitriles is 1. The van der Waals surface area contributed by atoms with Crippen molar-refractivity contribution in [2.75, 3.05) is 12.4 Å². The highest BCUT2D eigenvalue weighted by Crippen LogP contribution is 2.13. The molecule has 0 radical (unpaired) electrons. The number of pyridine rings is 1. The van der Waals surface area contributed by atoms with Crippen LogP contribution in [0.4, 0.5) is 5.69 Å². The van der Waals surface area contributed by atoms with Crippen LogP contribution >= 0.6 is 0 Å². The van der Waals surface area contributed by atoms with E-state index in [1.807, 2.05) is 36.4 Å². The summed E-state index contributed by atoms with van der Waals surface area (Å²) in [7, 11) is 1.74. The Hall–Kier alpha value is -4.18. The number of nitrogens with zero attached hydrogens (tertiary/aromatic N) is 3. The number of rotatable bonds is 6. The normalized spacial score (nSPS) is 10.3. The largest absolute Gasteiger partial charge is 0.337 e. The summed E-state index contributed by atoms with van der Waals surface area (Å²) in [4.78, 5) is 39.2. The molecule has 0 fully saturated rings. The number of amides is 2. The van der Waals surface area contributed by atoms with Crippen LogP contribution in [0, 0.1) is 25.2 Å². The van der Waals surface area contributed by atoms with Gasteiger partial charge in [-0.05, 0) is 55.3 Å². The Morgan fingerprint density at radius 2 is 1.72 bits per heavy atom. The molecular formula is C25H24N4O3. The number of benzene rings is 2. The Labute approximate surface area is 186 Å². The number of carbonyl (C=O) groups is 2. The first-order valence-corrected chi connectivity index (χ1v) is 10.1. The maximum Gasteiger partial charge on any atom is 0.269 e. The Morgan fingerprint density at radius 3 is 2.34 bits per heavy atom. The number of anilines is 1. The molecule has 7 heteroatoms. The van der Waals surface area contributed by atoms with Gasteiger partial charge in [0.05, 0.1) is 0 Å². The second-order valence-corrected chi connectivity index (χ2v) is 7.62. The van der Waals surface area contributed by atoms with E-state index in [0.29, 0.717) is 29.1 Å². The molecule has 0 saturated carbocycles. The molecule has 2 amide bonds. The lowest BCUT2D eigenvalue weighted by molar-refractivity contribution is -0.116. The van der Waals surface area contributed by atoms with Gasteiger partial charge in [0.15, 0.2) is 0 Å². The summed E-state index contributed by atoms with van der Waals surface area (Å²) in [5.41, 5.74) is 2.79. The summed E-state index contributed by atoms with van der Waals surface area (Å²) in [6.45, 7) is 3.69. The van der Waals surface area contributed by atoms with Crippen LogP contribution in [-0.2, 0) is 17.9 Å². The van der Waals surface area contributed by atoms with Crippen molar-refractivity contribution in [3.63, 3.8) is 0 Å². The summed E-state index contributed by atoms with van der Waals surface area (Å²) < 4.78 is 1.28. The lowest BCUT2D eigenvalue weighted by Crippen LogP contribution is -2.31. The van der Waals surface area contributed by atoms with Gasteiger partial charge in [0.1, 0.15) is 18.2 Å². The Bertz CT molecular complexity index is 1240. The lowest BCUT2D eigenvalue weighted by Gasteiger charge is -2.17. The van der Waals surface area contributed by atoms with Gasteiger partial charge in [-0.25, -0.2) is 0 Å². The Morgan fingerprint density at radius 1 is 1.06 bits per heavy atom. The van der Waals surface area contributed by atoms with Crippen LogP contribution in [0.1, 0.15) is 32.7 Å². The minimum absolute atomic E-state index is 0.0332. The van der Waals surface area contributed by atoms with Crippen LogP contribution in [0.5, 0.6) is 0 Å². The van der Waals surface area contributed by atoms with Gasteiger partial charge in [-0.15, -0.1) is 0 Å². The van der Waals surface area contributed by atoms with E-state index in [1.54, 1.807) is 56.1 Å².